The predicted octanol–water partition coefficient (Wildman–Crippen LogP) is 4.05. The molecule has 1 atom stereocenters. The van der Waals surface area contributed by atoms with E-state index in [0.29, 0.717) is 11.5 Å². The molecule has 1 aromatic rings. The molecular formula is C15H22ClN. The average molecular weight is 252 g/mol. The fourth-order valence-electron chi connectivity index (χ4n) is 2.27. The SMILES string of the molecule is CCC1(CNC(C)Cc2ccc(Cl)cc2)CC1. The molecule has 0 amide bonds. The van der Waals surface area contributed by atoms with Crippen molar-refractivity contribution in [3.63, 3.8) is 0 Å². The molecule has 0 radical (unpaired) electrons. The third-order valence-electron chi connectivity index (χ3n) is 3.99. The van der Waals surface area contributed by atoms with Crippen LogP contribution < -0.4 is 5.32 Å². The summed E-state index contributed by atoms with van der Waals surface area (Å²) < 4.78 is 0. The highest BCUT2D eigenvalue weighted by atomic mass is 35.5. The van der Waals surface area contributed by atoms with E-state index in [4.69, 9.17) is 11.6 Å². The van der Waals surface area contributed by atoms with E-state index in [-0.39, 0.29) is 0 Å². The second-order valence-electron chi connectivity index (χ2n) is 5.47. The van der Waals surface area contributed by atoms with E-state index in [2.05, 4.69) is 31.3 Å². The fraction of sp³-hybridized carbons (Fsp3) is 0.600. The molecule has 1 aromatic carbocycles. The van der Waals surface area contributed by atoms with Crippen molar-refractivity contribution in [2.75, 3.05) is 6.54 Å². The number of nitrogens with one attached hydrogen (secondary N) is 1. The van der Waals surface area contributed by atoms with Crippen LogP contribution in [0.4, 0.5) is 0 Å². The van der Waals surface area contributed by atoms with Gasteiger partial charge in [-0.2, -0.15) is 0 Å². The molecule has 1 fully saturated rings. The lowest BCUT2D eigenvalue weighted by atomic mass is 10.0. The van der Waals surface area contributed by atoms with Gasteiger partial charge in [0.2, 0.25) is 0 Å². The smallest absolute Gasteiger partial charge is 0.0406 e. The van der Waals surface area contributed by atoms with Gasteiger partial charge in [-0.1, -0.05) is 30.7 Å². The Hall–Kier alpha value is -0.530. The van der Waals surface area contributed by atoms with Crippen LogP contribution in [0.1, 0.15) is 38.7 Å². The van der Waals surface area contributed by atoms with Gasteiger partial charge in [0.1, 0.15) is 0 Å². The van der Waals surface area contributed by atoms with E-state index in [1.807, 2.05) is 12.1 Å². The topological polar surface area (TPSA) is 12.0 Å². The Kier molecular flexibility index (Phi) is 4.11. The Morgan fingerprint density at radius 1 is 1.29 bits per heavy atom. The van der Waals surface area contributed by atoms with Crippen LogP contribution in [0.15, 0.2) is 24.3 Å². The van der Waals surface area contributed by atoms with Gasteiger partial charge in [-0.15, -0.1) is 0 Å². The van der Waals surface area contributed by atoms with Crippen LogP contribution in [0, 0.1) is 5.41 Å². The van der Waals surface area contributed by atoms with Crippen LogP contribution in [0.2, 0.25) is 5.02 Å². The molecule has 1 aliphatic rings. The van der Waals surface area contributed by atoms with Crippen LogP contribution in [0.3, 0.4) is 0 Å². The second-order valence-corrected chi connectivity index (χ2v) is 5.90. The zero-order valence-electron chi connectivity index (χ0n) is 10.8. The molecule has 1 aliphatic carbocycles. The summed E-state index contributed by atoms with van der Waals surface area (Å²) in [5.74, 6) is 0. The van der Waals surface area contributed by atoms with Gasteiger partial charge in [0.05, 0.1) is 0 Å². The van der Waals surface area contributed by atoms with Crippen molar-refractivity contribution in [2.24, 2.45) is 5.41 Å². The lowest BCUT2D eigenvalue weighted by molar-refractivity contribution is 0.409. The minimum Gasteiger partial charge on any atom is -0.313 e. The molecule has 0 saturated heterocycles. The van der Waals surface area contributed by atoms with Crippen LogP contribution in [0.5, 0.6) is 0 Å². The summed E-state index contributed by atoms with van der Waals surface area (Å²) in [5, 5.41) is 4.48. The molecule has 0 spiro atoms. The van der Waals surface area contributed by atoms with Crippen molar-refractivity contribution in [1.82, 2.24) is 5.32 Å². The largest absolute Gasteiger partial charge is 0.313 e. The van der Waals surface area contributed by atoms with Crippen molar-refractivity contribution in [3.05, 3.63) is 34.9 Å². The van der Waals surface area contributed by atoms with Crippen LogP contribution in [-0.4, -0.2) is 12.6 Å². The summed E-state index contributed by atoms with van der Waals surface area (Å²) in [7, 11) is 0. The zero-order valence-corrected chi connectivity index (χ0v) is 11.6. The van der Waals surface area contributed by atoms with Gasteiger partial charge in [0.15, 0.2) is 0 Å². The Morgan fingerprint density at radius 2 is 1.94 bits per heavy atom. The highest BCUT2D eigenvalue weighted by molar-refractivity contribution is 6.30. The molecule has 0 bridgehead atoms. The molecule has 94 valence electrons. The number of rotatable bonds is 6. The number of hydrogen-bond donors (Lipinski definition) is 1. The summed E-state index contributed by atoms with van der Waals surface area (Å²) >= 11 is 5.88. The highest BCUT2D eigenvalue weighted by Gasteiger charge is 2.40. The van der Waals surface area contributed by atoms with Gasteiger partial charge in [0.25, 0.3) is 0 Å². The third-order valence-corrected chi connectivity index (χ3v) is 4.24. The average Bonchev–Trinajstić information content (AvgIpc) is 3.10. The number of hydrogen-bond acceptors (Lipinski definition) is 1. The van der Waals surface area contributed by atoms with Crippen molar-refractivity contribution in [3.8, 4) is 0 Å². The molecule has 17 heavy (non-hydrogen) atoms. The minimum atomic E-state index is 0.542. The number of halogens is 1. The third kappa shape index (κ3) is 3.72. The maximum Gasteiger partial charge on any atom is 0.0406 e. The van der Waals surface area contributed by atoms with Gasteiger partial charge in [-0.3, -0.25) is 0 Å². The maximum absolute atomic E-state index is 5.88. The summed E-state index contributed by atoms with van der Waals surface area (Å²) in [6, 6.07) is 8.72. The lowest BCUT2D eigenvalue weighted by Crippen LogP contribution is -2.33. The first-order chi connectivity index (χ1) is 8.13. The summed E-state index contributed by atoms with van der Waals surface area (Å²) in [6.07, 6.45) is 5.21. The van der Waals surface area contributed by atoms with E-state index in [1.54, 1.807) is 0 Å². The van der Waals surface area contributed by atoms with E-state index in [9.17, 15) is 0 Å². The lowest BCUT2D eigenvalue weighted by Gasteiger charge is -2.19. The molecule has 1 nitrogen and oxygen atoms in total. The highest BCUT2D eigenvalue weighted by Crippen LogP contribution is 2.47. The van der Waals surface area contributed by atoms with Crippen molar-refractivity contribution < 1.29 is 0 Å². The van der Waals surface area contributed by atoms with Crippen molar-refractivity contribution >= 4 is 11.6 Å². The second kappa shape index (κ2) is 5.41. The quantitative estimate of drug-likeness (QED) is 0.804. The predicted molar refractivity (Wildman–Crippen MR) is 74.6 cm³/mol. The summed E-state index contributed by atoms with van der Waals surface area (Å²) in [5.41, 5.74) is 1.99. The van der Waals surface area contributed by atoms with Crippen LogP contribution >= 0.6 is 11.6 Å². The molecule has 0 heterocycles. The fourth-order valence-corrected chi connectivity index (χ4v) is 2.40. The minimum absolute atomic E-state index is 0.542. The maximum atomic E-state index is 5.88. The van der Waals surface area contributed by atoms with E-state index in [1.165, 1.54) is 31.4 Å². The molecule has 0 aliphatic heterocycles. The first-order valence-electron chi connectivity index (χ1n) is 6.61. The Balaban J connectivity index is 1.77. The molecule has 1 N–H and O–H groups in total. The van der Waals surface area contributed by atoms with Gasteiger partial charge < -0.3 is 5.32 Å². The van der Waals surface area contributed by atoms with Crippen LogP contribution in [0.25, 0.3) is 0 Å². The van der Waals surface area contributed by atoms with Crippen molar-refractivity contribution in [2.45, 2.75) is 45.6 Å². The number of benzene rings is 1. The molecule has 2 rings (SSSR count). The zero-order chi connectivity index (χ0) is 12.3. The molecule has 1 saturated carbocycles. The normalized spacial score (nSPS) is 19.0. The molecular weight excluding hydrogens is 230 g/mol. The van der Waals surface area contributed by atoms with E-state index >= 15 is 0 Å². The molecule has 0 aromatic heterocycles. The van der Waals surface area contributed by atoms with E-state index < -0.39 is 0 Å². The molecule has 1 unspecified atom stereocenters. The Bertz CT molecular complexity index is 354. The van der Waals surface area contributed by atoms with Gasteiger partial charge in [-0.05, 0) is 55.7 Å². The first kappa shape index (κ1) is 12.9. The van der Waals surface area contributed by atoms with Gasteiger partial charge in [-0.25, -0.2) is 0 Å². The Labute approximate surface area is 110 Å². The Morgan fingerprint density at radius 3 is 2.47 bits per heavy atom. The monoisotopic (exact) mass is 251 g/mol. The molecule has 2 heteroatoms. The summed E-state index contributed by atoms with van der Waals surface area (Å²) in [6.45, 7) is 5.75. The van der Waals surface area contributed by atoms with Crippen molar-refractivity contribution in [1.29, 1.82) is 0 Å². The standard InChI is InChI=1S/C15H22ClN/c1-3-15(8-9-15)11-17-12(2)10-13-4-6-14(16)7-5-13/h4-7,12,17H,3,8-11H2,1-2H3. The van der Waals surface area contributed by atoms with Crippen LogP contribution in [-0.2, 0) is 6.42 Å². The van der Waals surface area contributed by atoms with Gasteiger partial charge in [0, 0.05) is 17.6 Å². The first-order valence-corrected chi connectivity index (χ1v) is 6.99. The summed E-state index contributed by atoms with van der Waals surface area (Å²) in [4.78, 5) is 0. The van der Waals surface area contributed by atoms with Gasteiger partial charge >= 0.3 is 0 Å². The van der Waals surface area contributed by atoms with E-state index in [0.717, 1.165) is 11.4 Å².